The van der Waals surface area contributed by atoms with Crippen LogP contribution in [0, 0.1) is 0 Å². The minimum absolute atomic E-state index is 0.173. The number of halogens is 2. The summed E-state index contributed by atoms with van der Waals surface area (Å²) >= 11 is 0.869. The van der Waals surface area contributed by atoms with Gasteiger partial charge in [0, 0.05) is 5.56 Å². The van der Waals surface area contributed by atoms with E-state index in [1.807, 2.05) is 0 Å². The van der Waals surface area contributed by atoms with Crippen LogP contribution in [0.2, 0.25) is 0 Å². The predicted octanol–water partition coefficient (Wildman–Crippen LogP) is 2.39. The molecular weight excluding hydrogens is 288 g/mol. The lowest BCUT2D eigenvalue weighted by Crippen LogP contribution is -2.10. The Morgan fingerprint density at radius 3 is 2.60 bits per heavy atom. The highest BCUT2D eigenvalue weighted by atomic mass is 32.2. The third kappa shape index (κ3) is 3.53. The van der Waals surface area contributed by atoms with E-state index in [9.17, 15) is 13.6 Å². The smallest absolute Gasteiger partial charge is 0.313 e. The summed E-state index contributed by atoms with van der Waals surface area (Å²) in [4.78, 5) is 10.6. The van der Waals surface area contributed by atoms with Gasteiger partial charge in [-0.25, -0.2) is 8.78 Å². The van der Waals surface area contributed by atoms with Crippen molar-refractivity contribution in [1.82, 2.24) is 14.8 Å². The largest absolute Gasteiger partial charge is 0.481 e. The standard InChI is InChI=1S/C12H11F2N3O2S/c13-9(14)6-17-11(8-4-2-1-3-5-8)15-16-12(17)20-7-10(18)19/h1-5,9H,6-7H2,(H,18,19). The summed E-state index contributed by atoms with van der Waals surface area (Å²) in [5.41, 5.74) is 0.655. The third-order valence-electron chi connectivity index (χ3n) is 2.39. The third-order valence-corrected chi connectivity index (χ3v) is 3.35. The summed E-state index contributed by atoms with van der Waals surface area (Å²) in [7, 11) is 0. The van der Waals surface area contributed by atoms with E-state index < -0.39 is 18.9 Å². The van der Waals surface area contributed by atoms with Gasteiger partial charge in [-0.05, 0) is 0 Å². The summed E-state index contributed by atoms with van der Waals surface area (Å²) < 4.78 is 26.6. The highest BCUT2D eigenvalue weighted by Gasteiger charge is 2.18. The average molecular weight is 299 g/mol. The van der Waals surface area contributed by atoms with Crippen LogP contribution in [-0.4, -0.2) is 38.0 Å². The molecular formula is C12H11F2N3O2S. The molecule has 0 atom stereocenters. The van der Waals surface area contributed by atoms with E-state index in [0.717, 1.165) is 11.8 Å². The first kappa shape index (κ1) is 14.4. The molecule has 0 saturated heterocycles. The molecule has 2 rings (SSSR count). The number of nitrogens with zero attached hydrogens (tertiary/aromatic N) is 3. The lowest BCUT2D eigenvalue weighted by molar-refractivity contribution is -0.133. The zero-order chi connectivity index (χ0) is 14.5. The SMILES string of the molecule is O=C(O)CSc1nnc(-c2ccccc2)n1CC(F)F. The van der Waals surface area contributed by atoms with Crippen molar-refractivity contribution in [2.45, 2.75) is 18.1 Å². The van der Waals surface area contributed by atoms with Crippen molar-refractivity contribution in [3.05, 3.63) is 30.3 Å². The molecule has 0 saturated carbocycles. The molecule has 1 aromatic carbocycles. The van der Waals surface area contributed by atoms with Crippen molar-refractivity contribution in [1.29, 1.82) is 0 Å². The summed E-state index contributed by atoms with van der Waals surface area (Å²) in [5.74, 6) is -0.988. The van der Waals surface area contributed by atoms with Crippen LogP contribution in [0.1, 0.15) is 0 Å². The molecule has 1 aromatic heterocycles. The van der Waals surface area contributed by atoms with Gasteiger partial charge in [0.15, 0.2) is 11.0 Å². The fourth-order valence-electron chi connectivity index (χ4n) is 1.63. The molecule has 0 aliphatic heterocycles. The fraction of sp³-hybridized carbons (Fsp3) is 0.250. The number of rotatable bonds is 6. The molecule has 8 heteroatoms. The Labute approximate surface area is 117 Å². The van der Waals surface area contributed by atoms with Crippen LogP contribution in [0.25, 0.3) is 11.4 Å². The maximum atomic E-state index is 12.7. The van der Waals surface area contributed by atoms with E-state index in [0.29, 0.717) is 11.4 Å². The van der Waals surface area contributed by atoms with Gasteiger partial charge in [0.2, 0.25) is 0 Å². The molecule has 5 nitrogen and oxygen atoms in total. The van der Waals surface area contributed by atoms with Gasteiger partial charge >= 0.3 is 5.97 Å². The first-order chi connectivity index (χ1) is 9.58. The Kier molecular flexibility index (Phi) is 4.67. The molecule has 0 aliphatic rings. The van der Waals surface area contributed by atoms with Crippen molar-refractivity contribution < 1.29 is 18.7 Å². The van der Waals surface area contributed by atoms with Gasteiger partial charge < -0.3 is 5.11 Å². The van der Waals surface area contributed by atoms with Crippen LogP contribution in [0.3, 0.4) is 0 Å². The second kappa shape index (κ2) is 6.47. The molecule has 1 heterocycles. The van der Waals surface area contributed by atoms with Crippen molar-refractivity contribution in [2.75, 3.05) is 5.75 Å². The zero-order valence-corrected chi connectivity index (χ0v) is 11.1. The molecule has 20 heavy (non-hydrogen) atoms. The molecule has 0 unspecified atom stereocenters. The lowest BCUT2D eigenvalue weighted by Gasteiger charge is -2.08. The minimum Gasteiger partial charge on any atom is -0.481 e. The minimum atomic E-state index is -2.57. The normalized spacial score (nSPS) is 10.9. The Hall–Kier alpha value is -1.96. The lowest BCUT2D eigenvalue weighted by atomic mass is 10.2. The Morgan fingerprint density at radius 2 is 2.00 bits per heavy atom. The van der Waals surface area contributed by atoms with E-state index in [1.54, 1.807) is 30.3 Å². The fourth-order valence-corrected chi connectivity index (χ4v) is 2.29. The number of thioether (sulfide) groups is 1. The van der Waals surface area contributed by atoms with Crippen LogP contribution >= 0.6 is 11.8 Å². The summed E-state index contributed by atoms with van der Waals surface area (Å²) in [5, 5.41) is 16.5. The number of carbonyl (C=O) groups is 1. The number of hydrogen-bond acceptors (Lipinski definition) is 4. The highest BCUT2D eigenvalue weighted by molar-refractivity contribution is 7.99. The molecule has 0 spiro atoms. The first-order valence-electron chi connectivity index (χ1n) is 5.69. The predicted molar refractivity (Wildman–Crippen MR) is 69.8 cm³/mol. The quantitative estimate of drug-likeness (QED) is 0.829. The second-order valence-electron chi connectivity index (χ2n) is 3.86. The Bertz CT molecular complexity index is 590. The van der Waals surface area contributed by atoms with Crippen molar-refractivity contribution in [3.63, 3.8) is 0 Å². The van der Waals surface area contributed by atoms with Crippen molar-refractivity contribution >= 4 is 17.7 Å². The molecule has 0 aliphatic carbocycles. The molecule has 0 bridgehead atoms. The molecule has 2 aromatic rings. The van der Waals surface area contributed by atoms with E-state index in [2.05, 4.69) is 10.2 Å². The number of aliphatic carboxylic acids is 1. The van der Waals surface area contributed by atoms with Gasteiger partial charge in [0.25, 0.3) is 6.43 Å². The highest BCUT2D eigenvalue weighted by Crippen LogP contribution is 2.24. The van der Waals surface area contributed by atoms with Crippen molar-refractivity contribution in [3.8, 4) is 11.4 Å². The van der Waals surface area contributed by atoms with Gasteiger partial charge in [-0.15, -0.1) is 10.2 Å². The molecule has 0 radical (unpaired) electrons. The number of benzene rings is 1. The van der Waals surface area contributed by atoms with Crippen LogP contribution < -0.4 is 0 Å². The number of carboxylic acids is 1. The molecule has 0 amide bonds. The maximum Gasteiger partial charge on any atom is 0.313 e. The topological polar surface area (TPSA) is 68.0 Å². The van der Waals surface area contributed by atoms with Gasteiger partial charge in [-0.3, -0.25) is 9.36 Å². The summed E-state index contributed by atoms with van der Waals surface area (Å²) in [6.07, 6.45) is -2.57. The monoisotopic (exact) mass is 299 g/mol. The zero-order valence-electron chi connectivity index (χ0n) is 10.2. The van der Waals surface area contributed by atoms with E-state index >= 15 is 0 Å². The summed E-state index contributed by atoms with van der Waals surface area (Å²) in [6, 6.07) is 8.80. The van der Waals surface area contributed by atoms with Crippen LogP contribution in [0.4, 0.5) is 8.78 Å². The molecule has 0 fully saturated rings. The number of hydrogen-bond donors (Lipinski definition) is 1. The van der Waals surface area contributed by atoms with Gasteiger partial charge in [-0.1, -0.05) is 42.1 Å². The summed E-state index contributed by atoms with van der Waals surface area (Å²) in [6.45, 7) is -0.570. The number of carboxylic acid groups (broad SMARTS) is 1. The van der Waals surface area contributed by atoms with Crippen LogP contribution in [0.5, 0.6) is 0 Å². The molecule has 106 valence electrons. The van der Waals surface area contributed by atoms with Gasteiger partial charge in [-0.2, -0.15) is 0 Å². The second-order valence-corrected chi connectivity index (χ2v) is 4.80. The van der Waals surface area contributed by atoms with E-state index in [1.165, 1.54) is 4.57 Å². The maximum absolute atomic E-state index is 12.7. The van der Waals surface area contributed by atoms with Crippen LogP contribution in [0.15, 0.2) is 35.5 Å². The van der Waals surface area contributed by atoms with E-state index in [4.69, 9.17) is 5.11 Å². The van der Waals surface area contributed by atoms with Gasteiger partial charge in [0.1, 0.15) is 0 Å². The number of aromatic nitrogens is 3. The van der Waals surface area contributed by atoms with Gasteiger partial charge in [0.05, 0.1) is 12.3 Å². The average Bonchev–Trinajstić information content (AvgIpc) is 2.79. The number of alkyl halides is 2. The Morgan fingerprint density at radius 1 is 1.30 bits per heavy atom. The van der Waals surface area contributed by atoms with Crippen molar-refractivity contribution in [2.24, 2.45) is 0 Å². The first-order valence-corrected chi connectivity index (χ1v) is 6.68. The Balaban J connectivity index is 2.34. The van der Waals surface area contributed by atoms with E-state index in [-0.39, 0.29) is 10.9 Å². The van der Waals surface area contributed by atoms with Crippen LogP contribution in [-0.2, 0) is 11.3 Å². The molecule has 1 N–H and O–H groups in total.